The molecule has 0 saturated carbocycles. The Kier molecular flexibility index (Phi) is 6.68. The molecule has 2 unspecified atom stereocenters. The van der Waals surface area contributed by atoms with Gasteiger partial charge in [-0.15, -0.1) is 0 Å². The molecular weight excluding hydrogens is 447 g/mol. The highest BCUT2D eigenvalue weighted by Gasteiger charge is 2.49. The minimum Gasteiger partial charge on any atom is -0.340 e. The van der Waals surface area contributed by atoms with Crippen molar-refractivity contribution in [2.24, 2.45) is 4.99 Å². The lowest BCUT2D eigenvalue weighted by Crippen LogP contribution is -2.64. The molecule has 2 saturated heterocycles. The summed E-state index contributed by atoms with van der Waals surface area (Å²) in [7, 11) is 1.69. The molecule has 3 heterocycles. The Morgan fingerprint density at radius 2 is 1.69 bits per heavy atom. The fraction of sp³-hybridized carbons (Fsp3) is 0.423. The van der Waals surface area contributed by atoms with E-state index in [1.165, 1.54) is 22.6 Å². The van der Waals surface area contributed by atoms with Gasteiger partial charge in [0.25, 0.3) is 5.91 Å². The van der Waals surface area contributed by atoms with Crippen LogP contribution in [0.1, 0.15) is 17.5 Å². The van der Waals surface area contributed by atoms with Crippen LogP contribution in [0.4, 0.5) is 9.18 Å². The summed E-state index contributed by atoms with van der Waals surface area (Å²) in [6.45, 7) is 4.67. The second kappa shape index (κ2) is 10.0. The highest BCUT2D eigenvalue weighted by molar-refractivity contribution is 6.03. The Balaban J connectivity index is 1.27. The average Bonchev–Trinajstić information content (AvgIpc) is 3.25. The maximum absolute atomic E-state index is 13.2. The van der Waals surface area contributed by atoms with E-state index in [4.69, 9.17) is 4.99 Å². The number of guanidine groups is 1. The topological polar surface area (TPSA) is 71.5 Å². The van der Waals surface area contributed by atoms with Gasteiger partial charge in [-0.3, -0.25) is 15.0 Å². The predicted molar refractivity (Wildman–Crippen MR) is 131 cm³/mol. The largest absolute Gasteiger partial charge is 0.340 e. The van der Waals surface area contributed by atoms with Gasteiger partial charge < -0.3 is 14.7 Å². The molecule has 0 radical (unpaired) electrons. The Hall–Kier alpha value is -3.46. The van der Waals surface area contributed by atoms with Gasteiger partial charge in [-0.1, -0.05) is 42.5 Å². The van der Waals surface area contributed by atoms with Crippen molar-refractivity contribution in [3.63, 3.8) is 0 Å². The molecule has 3 aliphatic rings. The average molecular weight is 479 g/mol. The number of nitrogens with one attached hydrogen (secondary N) is 1. The van der Waals surface area contributed by atoms with E-state index < -0.39 is 18.2 Å². The summed E-state index contributed by atoms with van der Waals surface area (Å²) < 4.78 is 13.2. The monoisotopic (exact) mass is 478 g/mol. The van der Waals surface area contributed by atoms with E-state index in [0.29, 0.717) is 6.54 Å². The van der Waals surface area contributed by atoms with Crippen molar-refractivity contribution in [2.45, 2.75) is 31.6 Å². The second-order valence-electron chi connectivity index (χ2n) is 9.37. The van der Waals surface area contributed by atoms with E-state index in [1.54, 1.807) is 7.05 Å². The van der Waals surface area contributed by atoms with Gasteiger partial charge >= 0.3 is 6.03 Å². The number of rotatable bonds is 6. The molecule has 5 rings (SSSR count). The summed E-state index contributed by atoms with van der Waals surface area (Å²) in [6.07, 6.45) is 1.27. The minimum atomic E-state index is -0.514. The maximum atomic E-state index is 13.2. The molecule has 9 heteroatoms. The molecule has 8 nitrogen and oxygen atoms in total. The van der Waals surface area contributed by atoms with Crippen LogP contribution in [0.5, 0.6) is 0 Å². The minimum absolute atomic E-state index is 0.223. The van der Waals surface area contributed by atoms with Crippen LogP contribution < -0.4 is 5.32 Å². The first-order chi connectivity index (χ1) is 17.0. The zero-order valence-corrected chi connectivity index (χ0v) is 19.9. The molecule has 2 atom stereocenters. The van der Waals surface area contributed by atoms with Crippen molar-refractivity contribution in [2.75, 3.05) is 39.8 Å². The first-order valence-corrected chi connectivity index (χ1v) is 12.2. The number of halogens is 1. The van der Waals surface area contributed by atoms with Crippen LogP contribution in [0.2, 0.25) is 0 Å². The number of imide groups is 1. The van der Waals surface area contributed by atoms with Crippen LogP contribution in [0.25, 0.3) is 0 Å². The number of amides is 3. The zero-order valence-electron chi connectivity index (χ0n) is 19.9. The van der Waals surface area contributed by atoms with Gasteiger partial charge in [0.2, 0.25) is 0 Å². The fourth-order valence-electron chi connectivity index (χ4n) is 5.07. The Morgan fingerprint density at radius 3 is 2.40 bits per heavy atom. The van der Waals surface area contributed by atoms with E-state index in [1.807, 2.05) is 30.3 Å². The molecule has 2 aromatic carbocycles. The van der Waals surface area contributed by atoms with E-state index >= 15 is 0 Å². The van der Waals surface area contributed by atoms with Crippen molar-refractivity contribution in [1.82, 2.24) is 24.9 Å². The van der Waals surface area contributed by atoms with Crippen LogP contribution in [0.15, 0.2) is 59.6 Å². The highest BCUT2D eigenvalue weighted by Crippen LogP contribution is 2.26. The molecule has 2 fully saturated rings. The second-order valence-corrected chi connectivity index (χ2v) is 9.37. The van der Waals surface area contributed by atoms with Crippen LogP contribution in [-0.2, 0) is 17.8 Å². The van der Waals surface area contributed by atoms with Crippen LogP contribution in [0, 0.1) is 5.82 Å². The number of hydrogen-bond acceptors (Lipinski definition) is 6. The number of aliphatic imine (C=N–C) groups is 1. The molecule has 0 bridgehead atoms. The summed E-state index contributed by atoms with van der Waals surface area (Å²) in [6, 6.07) is 16.0. The van der Waals surface area contributed by atoms with Crippen LogP contribution >= 0.6 is 0 Å². The van der Waals surface area contributed by atoms with Crippen LogP contribution in [-0.4, -0.2) is 89.5 Å². The van der Waals surface area contributed by atoms with Crippen molar-refractivity contribution >= 4 is 17.9 Å². The van der Waals surface area contributed by atoms with Crippen molar-refractivity contribution in [1.29, 1.82) is 0 Å². The standard InChI is InChI=1S/C26H31FN6O2/c1-30-23-22(24(34)29-26(30)35)33(13-5-8-19-6-3-2-4-7-19)25(28-23)32-16-14-31(15-17-32)18-20-9-11-21(27)12-10-20/h2-4,6-7,9-12,22-23H,5,8,13-18H2,1H3,(H,29,34,35). The van der Waals surface area contributed by atoms with Gasteiger partial charge in [0.05, 0.1) is 0 Å². The Morgan fingerprint density at radius 1 is 0.971 bits per heavy atom. The third-order valence-corrected chi connectivity index (χ3v) is 7.02. The van der Waals surface area contributed by atoms with Gasteiger partial charge in [-0.05, 0) is 36.1 Å². The number of fused-ring (bicyclic) bond motifs is 1. The lowest BCUT2D eigenvalue weighted by Gasteiger charge is -2.40. The molecule has 184 valence electrons. The number of piperazine rings is 1. The maximum Gasteiger partial charge on any atom is 0.325 e. The smallest absolute Gasteiger partial charge is 0.325 e. The first kappa shape index (κ1) is 23.3. The van der Waals surface area contributed by atoms with Gasteiger partial charge in [-0.25, -0.2) is 14.2 Å². The van der Waals surface area contributed by atoms with Gasteiger partial charge in [0.1, 0.15) is 5.82 Å². The van der Waals surface area contributed by atoms with Gasteiger partial charge in [0.15, 0.2) is 18.2 Å². The number of likely N-dealkylation sites (N-methyl/N-ethyl adjacent to an activating group) is 1. The number of urea groups is 1. The molecule has 0 aliphatic carbocycles. The van der Waals surface area contributed by atoms with Crippen LogP contribution in [0.3, 0.4) is 0 Å². The van der Waals surface area contributed by atoms with Crippen molar-refractivity contribution < 1.29 is 14.0 Å². The number of nitrogens with zero attached hydrogens (tertiary/aromatic N) is 5. The molecule has 0 spiro atoms. The molecule has 35 heavy (non-hydrogen) atoms. The Labute approximate surface area is 205 Å². The number of carbonyl (C=O) groups excluding carboxylic acids is 2. The van der Waals surface area contributed by atoms with Crippen molar-refractivity contribution in [3.05, 3.63) is 71.5 Å². The lowest BCUT2D eigenvalue weighted by molar-refractivity contribution is -0.127. The third-order valence-electron chi connectivity index (χ3n) is 7.02. The molecule has 2 aromatic rings. The number of aryl methyl sites for hydroxylation is 1. The predicted octanol–water partition coefficient (Wildman–Crippen LogP) is 2.12. The lowest BCUT2D eigenvalue weighted by atomic mass is 10.1. The third kappa shape index (κ3) is 5.00. The summed E-state index contributed by atoms with van der Waals surface area (Å²) >= 11 is 0. The summed E-state index contributed by atoms with van der Waals surface area (Å²) in [4.78, 5) is 38.2. The molecule has 1 N–H and O–H groups in total. The SMILES string of the molecule is CN1C(=O)NC(=O)C2C1N=C(N1CCN(Cc3ccc(F)cc3)CC1)N2CCCc1ccccc1. The summed E-state index contributed by atoms with van der Waals surface area (Å²) in [5.74, 6) is 0.289. The normalized spacial score (nSPS) is 22.8. The van der Waals surface area contributed by atoms with Gasteiger partial charge in [-0.2, -0.15) is 0 Å². The molecule has 3 amide bonds. The zero-order chi connectivity index (χ0) is 24.4. The van der Waals surface area contributed by atoms with E-state index in [9.17, 15) is 14.0 Å². The molecule has 0 aromatic heterocycles. The summed E-state index contributed by atoms with van der Waals surface area (Å²) in [5.41, 5.74) is 2.35. The van der Waals surface area contributed by atoms with Gasteiger partial charge in [0, 0.05) is 46.3 Å². The van der Waals surface area contributed by atoms with E-state index in [-0.39, 0.29) is 11.7 Å². The number of benzene rings is 2. The first-order valence-electron chi connectivity index (χ1n) is 12.2. The number of carbonyl (C=O) groups is 2. The highest BCUT2D eigenvalue weighted by atomic mass is 19.1. The quantitative estimate of drug-likeness (QED) is 0.689. The molecular formula is C26H31FN6O2. The van der Waals surface area contributed by atoms with E-state index in [2.05, 4.69) is 32.1 Å². The van der Waals surface area contributed by atoms with E-state index in [0.717, 1.165) is 57.1 Å². The summed E-state index contributed by atoms with van der Waals surface area (Å²) in [5, 5.41) is 2.48. The van der Waals surface area contributed by atoms with Crippen molar-refractivity contribution in [3.8, 4) is 0 Å². The fourth-order valence-corrected chi connectivity index (χ4v) is 5.07. The molecule has 3 aliphatic heterocycles. The Bertz CT molecular complexity index is 1080. The number of hydrogen-bond donors (Lipinski definition) is 1.